The van der Waals surface area contributed by atoms with Crippen LogP contribution in [0, 0.1) is 5.41 Å². The molecule has 0 saturated heterocycles. The SMILES string of the molecule is CCCNC(Cc1ccc(CC)cc1)C(OC)C(C)(C)C. The summed E-state index contributed by atoms with van der Waals surface area (Å²) in [7, 11) is 1.83. The lowest BCUT2D eigenvalue weighted by Crippen LogP contribution is -2.49. The van der Waals surface area contributed by atoms with Crippen molar-refractivity contribution >= 4 is 0 Å². The first-order chi connectivity index (χ1) is 9.92. The molecule has 0 aliphatic rings. The van der Waals surface area contributed by atoms with Gasteiger partial charge in [-0.1, -0.05) is 58.9 Å². The molecule has 2 heteroatoms. The van der Waals surface area contributed by atoms with E-state index in [9.17, 15) is 0 Å². The Morgan fingerprint density at radius 2 is 1.62 bits per heavy atom. The van der Waals surface area contributed by atoms with E-state index in [-0.39, 0.29) is 11.5 Å². The highest BCUT2D eigenvalue weighted by atomic mass is 16.5. The van der Waals surface area contributed by atoms with Crippen molar-refractivity contribution in [2.75, 3.05) is 13.7 Å². The highest BCUT2D eigenvalue weighted by Gasteiger charge is 2.32. The lowest BCUT2D eigenvalue weighted by Gasteiger charge is -2.36. The van der Waals surface area contributed by atoms with E-state index in [0.29, 0.717) is 6.04 Å². The first-order valence-corrected chi connectivity index (χ1v) is 8.26. The summed E-state index contributed by atoms with van der Waals surface area (Å²) >= 11 is 0. The normalized spacial score (nSPS) is 15.0. The number of aryl methyl sites for hydroxylation is 1. The highest BCUT2D eigenvalue weighted by molar-refractivity contribution is 5.23. The Bertz CT molecular complexity index is 391. The van der Waals surface area contributed by atoms with Gasteiger partial charge in [-0.05, 0) is 42.3 Å². The minimum absolute atomic E-state index is 0.128. The molecule has 1 aromatic rings. The van der Waals surface area contributed by atoms with Crippen molar-refractivity contribution in [1.82, 2.24) is 5.32 Å². The van der Waals surface area contributed by atoms with Gasteiger partial charge in [-0.25, -0.2) is 0 Å². The van der Waals surface area contributed by atoms with Crippen molar-refractivity contribution in [1.29, 1.82) is 0 Å². The summed E-state index contributed by atoms with van der Waals surface area (Å²) in [5.74, 6) is 0. The van der Waals surface area contributed by atoms with Gasteiger partial charge in [-0.3, -0.25) is 0 Å². The molecule has 0 amide bonds. The molecule has 0 fully saturated rings. The summed E-state index contributed by atoms with van der Waals surface area (Å²) in [6.45, 7) is 12.2. The van der Waals surface area contributed by atoms with Crippen molar-refractivity contribution in [2.45, 2.75) is 66.0 Å². The zero-order valence-electron chi connectivity index (χ0n) is 14.7. The van der Waals surface area contributed by atoms with E-state index in [1.165, 1.54) is 11.1 Å². The van der Waals surface area contributed by atoms with E-state index in [1.807, 2.05) is 7.11 Å². The number of rotatable bonds is 8. The fraction of sp³-hybridized carbons (Fsp3) is 0.684. The third-order valence-electron chi connectivity index (χ3n) is 4.02. The van der Waals surface area contributed by atoms with Crippen LogP contribution in [0.4, 0.5) is 0 Å². The molecule has 0 saturated carbocycles. The molecule has 2 atom stereocenters. The van der Waals surface area contributed by atoms with E-state index in [2.05, 4.69) is 64.2 Å². The Morgan fingerprint density at radius 3 is 2.05 bits per heavy atom. The largest absolute Gasteiger partial charge is 0.379 e. The maximum Gasteiger partial charge on any atom is 0.0775 e. The Kier molecular flexibility index (Phi) is 7.41. The van der Waals surface area contributed by atoms with E-state index in [1.54, 1.807) is 0 Å². The molecular weight excluding hydrogens is 258 g/mol. The van der Waals surface area contributed by atoms with Crippen molar-refractivity contribution in [2.24, 2.45) is 5.41 Å². The van der Waals surface area contributed by atoms with Crippen LogP contribution >= 0.6 is 0 Å². The van der Waals surface area contributed by atoms with Gasteiger partial charge in [0.15, 0.2) is 0 Å². The van der Waals surface area contributed by atoms with Gasteiger partial charge in [0.25, 0.3) is 0 Å². The number of methoxy groups -OCH3 is 1. The average Bonchev–Trinajstić information content (AvgIpc) is 2.44. The lowest BCUT2D eigenvalue weighted by molar-refractivity contribution is -0.0109. The van der Waals surface area contributed by atoms with E-state index in [0.717, 1.165) is 25.8 Å². The minimum Gasteiger partial charge on any atom is -0.379 e. The zero-order valence-corrected chi connectivity index (χ0v) is 14.7. The predicted octanol–water partition coefficient (Wildman–Crippen LogP) is 4.22. The van der Waals surface area contributed by atoms with Crippen LogP contribution in [0.25, 0.3) is 0 Å². The molecule has 0 aromatic heterocycles. The number of nitrogens with one attached hydrogen (secondary N) is 1. The molecule has 0 aliphatic carbocycles. The maximum atomic E-state index is 5.83. The van der Waals surface area contributed by atoms with Crippen LogP contribution in [0.3, 0.4) is 0 Å². The molecule has 0 bridgehead atoms. The molecule has 120 valence electrons. The van der Waals surface area contributed by atoms with Gasteiger partial charge in [0.05, 0.1) is 6.10 Å². The molecule has 2 unspecified atom stereocenters. The van der Waals surface area contributed by atoms with Gasteiger partial charge in [0.2, 0.25) is 0 Å². The van der Waals surface area contributed by atoms with E-state index >= 15 is 0 Å². The summed E-state index contributed by atoms with van der Waals surface area (Å²) < 4.78 is 5.83. The molecule has 0 spiro atoms. The average molecular weight is 291 g/mol. The van der Waals surface area contributed by atoms with Gasteiger partial charge >= 0.3 is 0 Å². The van der Waals surface area contributed by atoms with E-state index < -0.39 is 0 Å². The lowest BCUT2D eigenvalue weighted by atomic mass is 9.82. The summed E-state index contributed by atoms with van der Waals surface area (Å²) in [5, 5.41) is 3.68. The molecule has 0 radical (unpaired) electrons. The first kappa shape index (κ1) is 18.2. The second-order valence-corrected chi connectivity index (χ2v) is 6.96. The number of hydrogen-bond donors (Lipinski definition) is 1. The standard InChI is InChI=1S/C19H33NO/c1-7-13-20-17(18(21-6)19(3,4)5)14-16-11-9-15(8-2)10-12-16/h9-12,17-18,20H,7-8,13-14H2,1-6H3. The molecule has 0 aliphatic heterocycles. The van der Waals surface area contributed by atoms with Crippen molar-refractivity contribution in [3.05, 3.63) is 35.4 Å². The highest BCUT2D eigenvalue weighted by Crippen LogP contribution is 2.26. The number of ether oxygens (including phenoxy) is 1. The molecule has 21 heavy (non-hydrogen) atoms. The van der Waals surface area contributed by atoms with E-state index in [4.69, 9.17) is 4.74 Å². The molecule has 1 N–H and O–H groups in total. The van der Waals surface area contributed by atoms with Crippen LogP contribution in [0.1, 0.15) is 52.2 Å². The fourth-order valence-corrected chi connectivity index (χ4v) is 2.90. The smallest absolute Gasteiger partial charge is 0.0775 e. The summed E-state index contributed by atoms with van der Waals surface area (Å²) in [6.07, 6.45) is 3.46. The van der Waals surface area contributed by atoms with Crippen molar-refractivity contribution in [3.8, 4) is 0 Å². The van der Waals surface area contributed by atoms with Gasteiger partial charge in [-0.15, -0.1) is 0 Å². The number of hydrogen-bond acceptors (Lipinski definition) is 2. The van der Waals surface area contributed by atoms with Crippen LogP contribution in [-0.4, -0.2) is 25.8 Å². The Morgan fingerprint density at radius 1 is 1.05 bits per heavy atom. The van der Waals surface area contributed by atoms with Crippen LogP contribution in [-0.2, 0) is 17.6 Å². The van der Waals surface area contributed by atoms with Gasteiger partial charge < -0.3 is 10.1 Å². The quantitative estimate of drug-likeness (QED) is 0.774. The topological polar surface area (TPSA) is 21.3 Å². The van der Waals surface area contributed by atoms with Crippen LogP contribution in [0.5, 0.6) is 0 Å². The van der Waals surface area contributed by atoms with Crippen LogP contribution in [0.15, 0.2) is 24.3 Å². The van der Waals surface area contributed by atoms with Crippen molar-refractivity contribution in [3.63, 3.8) is 0 Å². The molecule has 1 aromatic carbocycles. The van der Waals surface area contributed by atoms with Gasteiger partial charge in [0.1, 0.15) is 0 Å². The summed E-state index contributed by atoms with van der Waals surface area (Å²) in [5.41, 5.74) is 2.91. The molecule has 1 rings (SSSR count). The third-order valence-corrected chi connectivity index (χ3v) is 4.02. The minimum atomic E-state index is 0.128. The van der Waals surface area contributed by atoms with Crippen LogP contribution in [0.2, 0.25) is 0 Å². The Balaban J connectivity index is 2.85. The second kappa shape index (κ2) is 8.55. The zero-order chi connectivity index (χ0) is 15.9. The van der Waals surface area contributed by atoms with Gasteiger partial charge in [0, 0.05) is 13.2 Å². The predicted molar refractivity (Wildman–Crippen MR) is 91.9 cm³/mol. The third kappa shape index (κ3) is 5.80. The maximum absolute atomic E-state index is 5.83. The monoisotopic (exact) mass is 291 g/mol. The van der Waals surface area contributed by atoms with Crippen molar-refractivity contribution < 1.29 is 4.74 Å². The number of benzene rings is 1. The first-order valence-electron chi connectivity index (χ1n) is 8.26. The van der Waals surface area contributed by atoms with Crippen LogP contribution < -0.4 is 5.32 Å². The molecular formula is C19H33NO. The summed E-state index contributed by atoms with van der Waals surface area (Å²) in [4.78, 5) is 0. The molecule has 0 heterocycles. The molecule has 2 nitrogen and oxygen atoms in total. The Hall–Kier alpha value is -0.860. The van der Waals surface area contributed by atoms with Gasteiger partial charge in [-0.2, -0.15) is 0 Å². The second-order valence-electron chi connectivity index (χ2n) is 6.96. The fourth-order valence-electron chi connectivity index (χ4n) is 2.90. The summed E-state index contributed by atoms with van der Waals surface area (Å²) in [6, 6.07) is 9.35. The Labute approximate surface area is 131 Å².